The van der Waals surface area contributed by atoms with Crippen molar-refractivity contribution in [1.82, 2.24) is 0 Å². The van der Waals surface area contributed by atoms with Crippen LogP contribution in [0.15, 0.2) is 72.8 Å². The summed E-state index contributed by atoms with van der Waals surface area (Å²) >= 11 is 0. The molecule has 0 aliphatic rings. The zero-order valence-electron chi connectivity index (χ0n) is 11.8. The Morgan fingerprint density at radius 1 is 0.500 bits per heavy atom. The minimum atomic E-state index is -0.0895. The van der Waals surface area contributed by atoms with Gasteiger partial charge in [0.05, 0.1) is 0 Å². The summed E-state index contributed by atoms with van der Waals surface area (Å²) in [4.78, 5) is 0. The monoisotopic (exact) mass is 292 g/mol. The van der Waals surface area contributed by atoms with E-state index in [0.29, 0.717) is 0 Å². The van der Waals surface area contributed by atoms with E-state index in [1.165, 1.54) is 0 Å². The van der Waals surface area contributed by atoms with Gasteiger partial charge in [0.2, 0.25) is 0 Å². The third-order valence-electron chi connectivity index (χ3n) is 3.66. The molecular weight excluding hydrogens is 276 g/mol. The number of benzene rings is 3. The Bertz CT molecular complexity index is 716. The highest BCUT2D eigenvalue weighted by Gasteiger charge is 2.17. The maximum absolute atomic E-state index is 9.76. The number of phenols is 3. The maximum Gasteiger partial charge on any atom is 0.115 e. The molecule has 0 amide bonds. The average molecular weight is 292 g/mol. The molecule has 0 aliphatic heterocycles. The van der Waals surface area contributed by atoms with E-state index in [0.717, 1.165) is 16.7 Å². The van der Waals surface area contributed by atoms with E-state index in [-0.39, 0.29) is 23.2 Å². The van der Waals surface area contributed by atoms with Crippen molar-refractivity contribution >= 4 is 0 Å². The number of hydrogen-bond donors (Lipinski definition) is 3. The topological polar surface area (TPSA) is 60.7 Å². The molecule has 3 aromatic rings. The Hall–Kier alpha value is -2.94. The molecule has 0 bridgehead atoms. The van der Waals surface area contributed by atoms with Crippen molar-refractivity contribution in [2.45, 2.75) is 5.92 Å². The highest BCUT2D eigenvalue weighted by atomic mass is 16.3. The van der Waals surface area contributed by atoms with Crippen molar-refractivity contribution in [2.24, 2.45) is 0 Å². The molecular formula is C19H16O3. The van der Waals surface area contributed by atoms with Crippen LogP contribution in [0, 0.1) is 0 Å². The third-order valence-corrected chi connectivity index (χ3v) is 3.66. The molecule has 3 rings (SSSR count). The van der Waals surface area contributed by atoms with Gasteiger partial charge in [-0.05, 0) is 53.1 Å². The zero-order chi connectivity index (χ0) is 15.5. The molecule has 22 heavy (non-hydrogen) atoms. The summed E-state index contributed by atoms with van der Waals surface area (Å²) in [5, 5.41) is 28.7. The Labute approximate surface area is 128 Å². The van der Waals surface area contributed by atoms with Gasteiger partial charge in [0.25, 0.3) is 0 Å². The van der Waals surface area contributed by atoms with Crippen LogP contribution in [0.5, 0.6) is 17.2 Å². The van der Waals surface area contributed by atoms with Crippen LogP contribution in [-0.2, 0) is 0 Å². The van der Waals surface area contributed by atoms with Gasteiger partial charge in [0, 0.05) is 5.92 Å². The van der Waals surface area contributed by atoms with Crippen LogP contribution in [0.2, 0.25) is 0 Å². The summed E-state index contributed by atoms with van der Waals surface area (Å²) < 4.78 is 0. The molecule has 0 saturated heterocycles. The first-order chi connectivity index (χ1) is 10.6. The fraction of sp³-hybridized carbons (Fsp3) is 0.0526. The van der Waals surface area contributed by atoms with Crippen LogP contribution in [0.25, 0.3) is 0 Å². The van der Waals surface area contributed by atoms with Gasteiger partial charge in [-0.1, -0.05) is 36.4 Å². The summed E-state index contributed by atoms with van der Waals surface area (Å²) in [6.45, 7) is 0. The van der Waals surface area contributed by atoms with E-state index in [9.17, 15) is 15.3 Å². The molecule has 3 nitrogen and oxygen atoms in total. The number of rotatable bonds is 3. The van der Waals surface area contributed by atoms with Crippen LogP contribution in [-0.4, -0.2) is 15.3 Å². The summed E-state index contributed by atoms with van der Waals surface area (Å²) in [7, 11) is 0. The lowest BCUT2D eigenvalue weighted by Crippen LogP contribution is -2.03. The minimum Gasteiger partial charge on any atom is -0.508 e. The van der Waals surface area contributed by atoms with Crippen LogP contribution < -0.4 is 0 Å². The largest absolute Gasteiger partial charge is 0.508 e. The normalized spacial score (nSPS) is 10.8. The Kier molecular flexibility index (Phi) is 3.71. The van der Waals surface area contributed by atoms with E-state index < -0.39 is 0 Å². The van der Waals surface area contributed by atoms with Gasteiger partial charge in [-0.15, -0.1) is 0 Å². The number of hydrogen-bond acceptors (Lipinski definition) is 3. The molecule has 3 heteroatoms. The molecule has 3 N–H and O–H groups in total. The number of phenolic OH excluding ortho intramolecular Hbond substituents is 3. The molecule has 0 atom stereocenters. The molecule has 0 saturated carbocycles. The van der Waals surface area contributed by atoms with E-state index in [1.807, 2.05) is 30.3 Å². The van der Waals surface area contributed by atoms with Crippen LogP contribution >= 0.6 is 0 Å². The van der Waals surface area contributed by atoms with E-state index >= 15 is 0 Å². The first-order valence-corrected chi connectivity index (χ1v) is 7.00. The Morgan fingerprint density at radius 2 is 1.00 bits per heavy atom. The minimum absolute atomic E-state index is 0.0895. The molecule has 0 fully saturated rings. The first kappa shape index (κ1) is 14.0. The standard InChI is InChI=1S/C19H16O3/c20-16-8-4-13(5-9-16)19(14-6-10-17(21)11-7-14)15-2-1-3-18(22)12-15/h1-12,19-22H. The van der Waals surface area contributed by atoms with Crippen molar-refractivity contribution in [3.63, 3.8) is 0 Å². The van der Waals surface area contributed by atoms with Crippen LogP contribution in [0.3, 0.4) is 0 Å². The average Bonchev–Trinajstić information content (AvgIpc) is 2.51. The van der Waals surface area contributed by atoms with Gasteiger partial charge in [0.15, 0.2) is 0 Å². The van der Waals surface area contributed by atoms with Crippen molar-refractivity contribution < 1.29 is 15.3 Å². The van der Waals surface area contributed by atoms with E-state index in [2.05, 4.69) is 0 Å². The van der Waals surface area contributed by atoms with Crippen molar-refractivity contribution in [3.8, 4) is 17.2 Å². The lowest BCUT2D eigenvalue weighted by molar-refractivity contribution is 0.473. The SMILES string of the molecule is Oc1ccc(C(c2ccc(O)cc2)c2cccc(O)c2)cc1. The molecule has 0 spiro atoms. The third kappa shape index (κ3) is 2.88. The fourth-order valence-corrected chi connectivity index (χ4v) is 2.62. The highest BCUT2D eigenvalue weighted by molar-refractivity contribution is 5.46. The van der Waals surface area contributed by atoms with Crippen molar-refractivity contribution in [1.29, 1.82) is 0 Å². The predicted molar refractivity (Wildman–Crippen MR) is 85.3 cm³/mol. The molecule has 0 radical (unpaired) electrons. The van der Waals surface area contributed by atoms with Crippen LogP contribution in [0.1, 0.15) is 22.6 Å². The summed E-state index contributed by atoms with van der Waals surface area (Å²) in [5.74, 6) is 0.543. The van der Waals surface area contributed by atoms with E-state index in [1.54, 1.807) is 42.5 Å². The van der Waals surface area contributed by atoms with Crippen LogP contribution in [0.4, 0.5) is 0 Å². The second kappa shape index (κ2) is 5.82. The summed E-state index contributed by atoms with van der Waals surface area (Å²) in [5.41, 5.74) is 2.93. The summed E-state index contributed by atoms with van der Waals surface area (Å²) in [6, 6.07) is 21.1. The van der Waals surface area contributed by atoms with Crippen molar-refractivity contribution in [3.05, 3.63) is 89.5 Å². The van der Waals surface area contributed by atoms with Gasteiger partial charge >= 0.3 is 0 Å². The number of aromatic hydroxyl groups is 3. The second-order valence-corrected chi connectivity index (χ2v) is 5.21. The smallest absolute Gasteiger partial charge is 0.115 e. The second-order valence-electron chi connectivity index (χ2n) is 5.21. The molecule has 0 aliphatic carbocycles. The zero-order valence-corrected chi connectivity index (χ0v) is 11.8. The molecule has 0 unspecified atom stereocenters. The fourth-order valence-electron chi connectivity index (χ4n) is 2.62. The Balaban J connectivity index is 2.13. The van der Waals surface area contributed by atoms with Gasteiger partial charge in [0.1, 0.15) is 17.2 Å². The van der Waals surface area contributed by atoms with Gasteiger partial charge in [-0.3, -0.25) is 0 Å². The molecule has 0 heterocycles. The maximum atomic E-state index is 9.76. The lowest BCUT2D eigenvalue weighted by atomic mass is 9.85. The predicted octanol–water partition coefficient (Wildman–Crippen LogP) is 3.98. The Morgan fingerprint density at radius 3 is 1.45 bits per heavy atom. The lowest BCUT2D eigenvalue weighted by Gasteiger charge is -2.19. The molecule has 0 aromatic heterocycles. The van der Waals surface area contributed by atoms with E-state index in [4.69, 9.17) is 0 Å². The first-order valence-electron chi connectivity index (χ1n) is 7.00. The highest BCUT2D eigenvalue weighted by Crippen LogP contribution is 2.34. The molecule has 3 aromatic carbocycles. The summed E-state index contributed by atoms with van der Waals surface area (Å²) in [6.07, 6.45) is 0. The quantitative estimate of drug-likeness (QED) is 0.640. The van der Waals surface area contributed by atoms with Gasteiger partial charge in [-0.25, -0.2) is 0 Å². The molecule has 110 valence electrons. The van der Waals surface area contributed by atoms with Crippen molar-refractivity contribution in [2.75, 3.05) is 0 Å². The van der Waals surface area contributed by atoms with Gasteiger partial charge < -0.3 is 15.3 Å². The van der Waals surface area contributed by atoms with Gasteiger partial charge in [-0.2, -0.15) is 0 Å².